The number of hydrogen-bond donors (Lipinski definition) is 1. The van der Waals surface area contributed by atoms with E-state index in [4.69, 9.17) is 23.2 Å². The first kappa shape index (κ1) is 29.3. The molecule has 1 atom stereocenters. The van der Waals surface area contributed by atoms with E-state index in [-0.39, 0.29) is 18.5 Å². The molecule has 0 heterocycles. The molecule has 1 saturated carbocycles. The quantitative estimate of drug-likeness (QED) is 0.405. The van der Waals surface area contributed by atoms with E-state index < -0.39 is 28.5 Å². The minimum Gasteiger partial charge on any atom is -0.352 e. The predicted octanol–water partition coefficient (Wildman–Crippen LogP) is 5.19. The molecule has 0 aromatic heterocycles. The van der Waals surface area contributed by atoms with Gasteiger partial charge in [-0.3, -0.25) is 13.9 Å². The monoisotopic (exact) mass is 567 g/mol. The Morgan fingerprint density at radius 1 is 1.05 bits per heavy atom. The first-order valence-electron chi connectivity index (χ1n) is 12.6. The standard InChI is InChI=1S/C27H35Cl2N3O4S/c1-4-20-10-6-9-13-25(20)32(37(3,35)36)18-26(33)31(17-19-14-15-22(28)23(29)16-19)24(5-2)27(34)30-21-11-7-8-12-21/h6,9-10,13-16,21,24H,4-5,7-8,11-12,17-18H2,1-3H3,(H,30,34)/t24-/m0/s1. The molecule has 202 valence electrons. The van der Waals surface area contributed by atoms with Crippen LogP contribution in [0.1, 0.15) is 57.1 Å². The van der Waals surface area contributed by atoms with Crippen LogP contribution in [0.25, 0.3) is 0 Å². The summed E-state index contributed by atoms with van der Waals surface area (Å²) in [6.45, 7) is 3.43. The van der Waals surface area contributed by atoms with E-state index in [0.29, 0.717) is 34.1 Å². The topological polar surface area (TPSA) is 86.8 Å². The fourth-order valence-corrected chi connectivity index (χ4v) is 5.97. The van der Waals surface area contributed by atoms with Crippen LogP contribution in [0.2, 0.25) is 10.0 Å². The average Bonchev–Trinajstić information content (AvgIpc) is 3.36. The molecule has 0 saturated heterocycles. The Morgan fingerprint density at radius 3 is 2.32 bits per heavy atom. The van der Waals surface area contributed by atoms with Crippen LogP contribution in [0.15, 0.2) is 42.5 Å². The highest BCUT2D eigenvalue weighted by atomic mass is 35.5. The lowest BCUT2D eigenvalue weighted by Crippen LogP contribution is -2.53. The lowest BCUT2D eigenvalue weighted by Gasteiger charge is -2.34. The molecule has 0 aliphatic heterocycles. The van der Waals surface area contributed by atoms with Crippen molar-refractivity contribution in [3.05, 3.63) is 63.6 Å². The molecule has 1 aliphatic carbocycles. The van der Waals surface area contributed by atoms with Crippen molar-refractivity contribution in [2.24, 2.45) is 0 Å². The minimum atomic E-state index is -3.79. The van der Waals surface area contributed by atoms with Gasteiger partial charge in [0.2, 0.25) is 21.8 Å². The molecule has 10 heteroatoms. The lowest BCUT2D eigenvalue weighted by molar-refractivity contribution is -0.140. The van der Waals surface area contributed by atoms with Gasteiger partial charge in [-0.15, -0.1) is 0 Å². The van der Waals surface area contributed by atoms with E-state index >= 15 is 0 Å². The number of rotatable bonds is 11. The highest BCUT2D eigenvalue weighted by Gasteiger charge is 2.33. The number of amides is 2. The Kier molecular flexibility index (Phi) is 10.3. The van der Waals surface area contributed by atoms with E-state index in [0.717, 1.165) is 41.8 Å². The number of hydrogen-bond acceptors (Lipinski definition) is 4. The van der Waals surface area contributed by atoms with Crippen molar-refractivity contribution in [1.29, 1.82) is 0 Å². The zero-order chi connectivity index (χ0) is 27.2. The van der Waals surface area contributed by atoms with Crippen LogP contribution in [0.4, 0.5) is 5.69 Å². The predicted molar refractivity (Wildman–Crippen MR) is 149 cm³/mol. The van der Waals surface area contributed by atoms with Gasteiger partial charge in [-0.2, -0.15) is 0 Å². The summed E-state index contributed by atoms with van der Waals surface area (Å²) < 4.78 is 26.8. The first-order chi connectivity index (χ1) is 17.5. The van der Waals surface area contributed by atoms with Crippen molar-refractivity contribution in [3.8, 4) is 0 Å². The highest BCUT2D eigenvalue weighted by molar-refractivity contribution is 7.92. The molecule has 2 aromatic rings. The summed E-state index contributed by atoms with van der Waals surface area (Å²) >= 11 is 12.3. The number of benzene rings is 2. The summed E-state index contributed by atoms with van der Waals surface area (Å²) in [6, 6.07) is 11.5. The van der Waals surface area contributed by atoms with Gasteiger partial charge in [-0.25, -0.2) is 8.42 Å². The Morgan fingerprint density at radius 2 is 1.73 bits per heavy atom. The van der Waals surface area contributed by atoms with Crippen LogP contribution in [-0.4, -0.2) is 50.0 Å². The maximum Gasteiger partial charge on any atom is 0.244 e. The fraction of sp³-hybridized carbons (Fsp3) is 0.481. The molecule has 0 bridgehead atoms. The molecule has 0 radical (unpaired) electrons. The maximum atomic E-state index is 13.9. The van der Waals surface area contributed by atoms with Crippen LogP contribution in [0, 0.1) is 0 Å². The van der Waals surface area contributed by atoms with Gasteiger partial charge in [0.15, 0.2) is 0 Å². The molecule has 1 N–H and O–H groups in total. The zero-order valence-electron chi connectivity index (χ0n) is 21.5. The van der Waals surface area contributed by atoms with Crippen molar-refractivity contribution in [2.75, 3.05) is 17.1 Å². The molecule has 2 aromatic carbocycles. The largest absolute Gasteiger partial charge is 0.352 e. The average molecular weight is 569 g/mol. The number of nitrogens with one attached hydrogen (secondary N) is 1. The van der Waals surface area contributed by atoms with Gasteiger partial charge in [0.1, 0.15) is 12.6 Å². The number of aryl methyl sites for hydroxylation is 1. The second-order valence-corrected chi connectivity index (χ2v) is 12.2. The molecule has 1 aliphatic rings. The first-order valence-corrected chi connectivity index (χ1v) is 15.2. The number of para-hydroxylation sites is 1. The number of sulfonamides is 1. The molecule has 1 fully saturated rings. The van der Waals surface area contributed by atoms with Crippen molar-refractivity contribution >= 4 is 50.7 Å². The Balaban J connectivity index is 1.96. The van der Waals surface area contributed by atoms with E-state index in [1.807, 2.05) is 26.0 Å². The molecule has 2 amide bonds. The fourth-order valence-electron chi connectivity index (χ4n) is 4.77. The minimum absolute atomic E-state index is 0.0827. The summed E-state index contributed by atoms with van der Waals surface area (Å²) in [5.41, 5.74) is 1.95. The van der Waals surface area contributed by atoms with Crippen LogP contribution in [0.5, 0.6) is 0 Å². The normalized spacial score (nSPS) is 14.8. The van der Waals surface area contributed by atoms with E-state index in [2.05, 4.69) is 5.32 Å². The van der Waals surface area contributed by atoms with E-state index in [9.17, 15) is 18.0 Å². The number of carbonyl (C=O) groups is 2. The van der Waals surface area contributed by atoms with E-state index in [1.54, 1.807) is 30.3 Å². The number of carbonyl (C=O) groups excluding carboxylic acids is 2. The Labute approximate surface area is 230 Å². The van der Waals surface area contributed by atoms with Gasteiger partial charge in [0.25, 0.3) is 0 Å². The van der Waals surface area contributed by atoms with Crippen LogP contribution < -0.4 is 9.62 Å². The summed E-state index contributed by atoms with van der Waals surface area (Å²) in [7, 11) is -3.79. The molecule has 37 heavy (non-hydrogen) atoms. The van der Waals surface area contributed by atoms with Gasteiger partial charge in [-0.05, 0) is 55.0 Å². The third kappa shape index (κ3) is 7.62. The number of nitrogens with zero attached hydrogens (tertiary/aromatic N) is 2. The lowest BCUT2D eigenvalue weighted by atomic mass is 10.1. The Hall–Kier alpha value is -2.29. The highest BCUT2D eigenvalue weighted by Crippen LogP contribution is 2.27. The third-order valence-electron chi connectivity index (χ3n) is 6.74. The second kappa shape index (κ2) is 13.0. The molecule has 0 spiro atoms. The van der Waals surface area contributed by atoms with Gasteiger partial charge < -0.3 is 10.2 Å². The smallest absolute Gasteiger partial charge is 0.244 e. The number of halogens is 2. The SMILES string of the molecule is CCc1ccccc1N(CC(=O)N(Cc1ccc(Cl)c(Cl)c1)[C@@H](CC)C(=O)NC1CCCC1)S(C)(=O)=O. The van der Waals surface area contributed by atoms with Crippen molar-refractivity contribution in [1.82, 2.24) is 10.2 Å². The summed E-state index contributed by atoms with van der Waals surface area (Å²) in [4.78, 5) is 28.7. The summed E-state index contributed by atoms with van der Waals surface area (Å²) in [5, 5.41) is 3.81. The zero-order valence-corrected chi connectivity index (χ0v) is 23.9. The van der Waals surface area contributed by atoms with Gasteiger partial charge in [-0.1, -0.05) is 74.2 Å². The Bertz CT molecular complexity index is 1220. The molecular weight excluding hydrogens is 533 g/mol. The van der Waals surface area contributed by atoms with Crippen molar-refractivity contribution < 1.29 is 18.0 Å². The summed E-state index contributed by atoms with van der Waals surface area (Å²) in [5.74, 6) is -0.710. The van der Waals surface area contributed by atoms with Crippen molar-refractivity contribution in [3.63, 3.8) is 0 Å². The second-order valence-electron chi connectivity index (χ2n) is 9.44. The molecule has 3 rings (SSSR count). The maximum absolute atomic E-state index is 13.9. The van der Waals surface area contributed by atoms with Crippen molar-refractivity contribution in [2.45, 2.75) is 71.0 Å². The van der Waals surface area contributed by atoms with Crippen LogP contribution in [-0.2, 0) is 32.6 Å². The molecule has 7 nitrogen and oxygen atoms in total. The molecular formula is C27H35Cl2N3O4S. The number of anilines is 1. The van der Waals surface area contributed by atoms with Gasteiger partial charge >= 0.3 is 0 Å². The van der Waals surface area contributed by atoms with E-state index in [1.165, 1.54) is 4.90 Å². The van der Waals surface area contributed by atoms with Gasteiger partial charge in [0.05, 0.1) is 22.0 Å². The summed E-state index contributed by atoms with van der Waals surface area (Å²) in [6.07, 6.45) is 6.01. The van der Waals surface area contributed by atoms with Gasteiger partial charge in [0, 0.05) is 12.6 Å². The van der Waals surface area contributed by atoms with Crippen LogP contribution >= 0.6 is 23.2 Å². The van der Waals surface area contributed by atoms with Crippen LogP contribution in [0.3, 0.4) is 0 Å². The third-order valence-corrected chi connectivity index (χ3v) is 8.61. The molecule has 0 unspecified atom stereocenters.